The fourth-order valence-electron chi connectivity index (χ4n) is 2.58. The molecule has 2 unspecified atom stereocenters. The fourth-order valence-corrected chi connectivity index (χ4v) is 4.71. The van der Waals surface area contributed by atoms with Gasteiger partial charge in [0, 0.05) is 19.1 Å². The highest BCUT2D eigenvalue weighted by Gasteiger charge is 2.41. The molecular formula is C14H19Cl2N3O4S. The summed E-state index contributed by atoms with van der Waals surface area (Å²) in [5.74, 6) is -0.897. The number of rotatable bonds is 5. The van der Waals surface area contributed by atoms with Gasteiger partial charge < -0.3 is 10.4 Å². The fraction of sp³-hybridized carbons (Fsp3) is 0.500. The number of aliphatic hydroxyl groups is 1. The number of hydrogen-bond acceptors (Lipinski definition) is 6. The summed E-state index contributed by atoms with van der Waals surface area (Å²) >= 11 is 11.9. The van der Waals surface area contributed by atoms with Gasteiger partial charge in [-0.25, -0.2) is 18.4 Å². The van der Waals surface area contributed by atoms with Crippen molar-refractivity contribution >= 4 is 44.6 Å². The summed E-state index contributed by atoms with van der Waals surface area (Å²) in [6, 6.07) is 4.02. The molecule has 2 N–H and O–H groups in total. The van der Waals surface area contributed by atoms with Crippen LogP contribution in [0.15, 0.2) is 18.2 Å². The molecule has 10 heteroatoms. The third-order valence-corrected chi connectivity index (χ3v) is 5.96. The summed E-state index contributed by atoms with van der Waals surface area (Å²) in [6.07, 6.45) is -1.04. The van der Waals surface area contributed by atoms with E-state index < -0.39 is 27.9 Å². The molecule has 1 aliphatic heterocycles. The van der Waals surface area contributed by atoms with Crippen molar-refractivity contribution in [3.8, 4) is 0 Å². The lowest BCUT2D eigenvalue weighted by atomic mass is 10.2. The Balaban J connectivity index is 2.11. The van der Waals surface area contributed by atoms with Crippen LogP contribution in [0, 0.1) is 0 Å². The first-order valence-corrected chi connectivity index (χ1v) is 9.74. The number of hydrazine groups is 1. The highest BCUT2D eigenvalue weighted by atomic mass is 35.5. The molecule has 0 aromatic heterocycles. The molecule has 0 spiro atoms. The lowest BCUT2D eigenvalue weighted by Gasteiger charge is -2.34. The molecule has 1 heterocycles. The van der Waals surface area contributed by atoms with E-state index >= 15 is 0 Å². The molecule has 1 saturated heterocycles. The summed E-state index contributed by atoms with van der Waals surface area (Å²) in [5.41, 5.74) is 0.368. The minimum atomic E-state index is -3.32. The Hall–Kier alpha value is -0.900. The molecule has 2 rings (SSSR count). The van der Waals surface area contributed by atoms with Crippen LogP contribution in [-0.2, 0) is 14.6 Å². The average molecular weight is 396 g/mol. The smallest absolute Gasteiger partial charge is 0.240 e. The van der Waals surface area contributed by atoms with Gasteiger partial charge in [0.1, 0.15) is 0 Å². The summed E-state index contributed by atoms with van der Waals surface area (Å²) in [7, 11) is 0.0370. The van der Waals surface area contributed by atoms with E-state index in [1.807, 2.05) is 0 Å². The molecular weight excluding hydrogens is 377 g/mol. The number of carbonyl (C=O) groups is 1. The lowest BCUT2D eigenvalue weighted by molar-refractivity contribution is -0.125. The lowest BCUT2D eigenvalue weighted by Crippen LogP contribution is -2.53. The Morgan fingerprint density at radius 1 is 1.33 bits per heavy atom. The van der Waals surface area contributed by atoms with Crippen LogP contribution in [0.5, 0.6) is 0 Å². The minimum absolute atomic E-state index is 0.132. The summed E-state index contributed by atoms with van der Waals surface area (Å²) < 4.78 is 23.4. The number of benzene rings is 1. The Kier molecular flexibility index (Phi) is 6.11. The molecule has 0 aliphatic carbocycles. The van der Waals surface area contributed by atoms with Crippen LogP contribution in [0.3, 0.4) is 0 Å². The Morgan fingerprint density at radius 3 is 2.54 bits per heavy atom. The molecule has 134 valence electrons. The van der Waals surface area contributed by atoms with Gasteiger partial charge in [0.05, 0.1) is 40.9 Å². The number of sulfone groups is 1. The second-order valence-corrected chi connectivity index (χ2v) is 8.83. The van der Waals surface area contributed by atoms with E-state index in [4.69, 9.17) is 23.2 Å². The molecule has 0 bridgehead atoms. The van der Waals surface area contributed by atoms with Gasteiger partial charge in [0.25, 0.3) is 0 Å². The number of nitrogens with one attached hydrogen (secondary N) is 1. The van der Waals surface area contributed by atoms with Gasteiger partial charge in [-0.05, 0) is 18.2 Å². The molecule has 0 saturated carbocycles. The number of amides is 1. The van der Waals surface area contributed by atoms with Crippen molar-refractivity contribution in [2.24, 2.45) is 0 Å². The SMILES string of the molecule is CN(C)N(CC(=O)Nc1cc(Cl)ccc1Cl)C1CS(=O)(=O)CC1O. The Morgan fingerprint density at radius 2 is 2.00 bits per heavy atom. The molecule has 1 fully saturated rings. The summed E-state index contributed by atoms with van der Waals surface area (Å²) in [4.78, 5) is 12.3. The topological polar surface area (TPSA) is 90.0 Å². The van der Waals surface area contributed by atoms with Crippen LogP contribution in [0.25, 0.3) is 0 Å². The number of carbonyl (C=O) groups excluding carboxylic acids is 1. The van der Waals surface area contributed by atoms with Crippen LogP contribution in [0.1, 0.15) is 0 Å². The normalized spacial score (nSPS) is 23.0. The van der Waals surface area contributed by atoms with Crippen LogP contribution < -0.4 is 5.32 Å². The number of aliphatic hydroxyl groups excluding tert-OH is 1. The maximum Gasteiger partial charge on any atom is 0.240 e. The van der Waals surface area contributed by atoms with E-state index in [0.717, 1.165) is 0 Å². The predicted molar refractivity (Wildman–Crippen MR) is 93.9 cm³/mol. The molecule has 1 aromatic carbocycles. The molecule has 0 radical (unpaired) electrons. The van der Waals surface area contributed by atoms with Gasteiger partial charge in [-0.1, -0.05) is 23.2 Å². The second kappa shape index (κ2) is 7.55. The van der Waals surface area contributed by atoms with Crippen LogP contribution in [-0.4, -0.2) is 73.7 Å². The second-order valence-electron chi connectivity index (χ2n) is 5.83. The quantitative estimate of drug-likeness (QED) is 0.718. The first-order valence-electron chi connectivity index (χ1n) is 7.16. The molecule has 7 nitrogen and oxygen atoms in total. The molecule has 1 aromatic rings. The summed E-state index contributed by atoms with van der Waals surface area (Å²) in [6.45, 7) is -0.132. The van der Waals surface area contributed by atoms with Crippen molar-refractivity contribution in [1.82, 2.24) is 10.0 Å². The van der Waals surface area contributed by atoms with E-state index in [1.165, 1.54) is 11.1 Å². The molecule has 24 heavy (non-hydrogen) atoms. The summed E-state index contributed by atoms with van der Waals surface area (Å²) in [5, 5.41) is 16.5. The van der Waals surface area contributed by atoms with Crippen LogP contribution in [0.4, 0.5) is 5.69 Å². The molecule has 2 atom stereocenters. The minimum Gasteiger partial charge on any atom is -0.390 e. The first-order chi connectivity index (χ1) is 11.1. The van der Waals surface area contributed by atoms with E-state index in [2.05, 4.69) is 5.32 Å². The highest BCUT2D eigenvalue weighted by molar-refractivity contribution is 7.91. The molecule has 1 aliphatic rings. The van der Waals surface area contributed by atoms with Crippen LogP contribution in [0.2, 0.25) is 10.0 Å². The Labute approximate surface area is 151 Å². The predicted octanol–water partition coefficient (Wildman–Crippen LogP) is 0.868. The largest absolute Gasteiger partial charge is 0.390 e. The third-order valence-electron chi connectivity index (χ3n) is 3.70. The van der Waals surface area contributed by atoms with Gasteiger partial charge >= 0.3 is 0 Å². The van der Waals surface area contributed by atoms with Gasteiger partial charge in [0.15, 0.2) is 9.84 Å². The Bertz CT molecular complexity index is 727. The van der Waals surface area contributed by atoms with Crippen molar-refractivity contribution in [2.75, 3.05) is 37.5 Å². The zero-order valence-electron chi connectivity index (χ0n) is 13.2. The van der Waals surface area contributed by atoms with E-state index in [0.29, 0.717) is 15.7 Å². The zero-order chi connectivity index (χ0) is 18.1. The van der Waals surface area contributed by atoms with E-state index in [1.54, 1.807) is 31.2 Å². The van der Waals surface area contributed by atoms with Crippen molar-refractivity contribution in [1.29, 1.82) is 0 Å². The number of anilines is 1. The van der Waals surface area contributed by atoms with Gasteiger partial charge in [-0.2, -0.15) is 0 Å². The van der Waals surface area contributed by atoms with Crippen molar-refractivity contribution in [3.63, 3.8) is 0 Å². The average Bonchev–Trinajstić information content (AvgIpc) is 2.73. The first kappa shape index (κ1) is 19.4. The highest BCUT2D eigenvalue weighted by Crippen LogP contribution is 2.25. The maximum atomic E-state index is 12.3. The number of halogens is 2. The van der Waals surface area contributed by atoms with Crippen molar-refractivity contribution in [2.45, 2.75) is 12.1 Å². The van der Waals surface area contributed by atoms with Gasteiger partial charge in [-0.3, -0.25) is 4.79 Å². The van der Waals surface area contributed by atoms with E-state index in [9.17, 15) is 18.3 Å². The van der Waals surface area contributed by atoms with Gasteiger partial charge in [0.2, 0.25) is 5.91 Å². The number of hydrogen-bond donors (Lipinski definition) is 2. The van der Waals surface area contributed by atoms with Crippen LogP contribution >= 0.6 is 23.2 Å². The zero-order valence-corrected chi connectivity index (χ0v) is 15.6. The molecule has 1 amide bonds. The van der Waals surface area contributed by atoms with Crippen molar-refractivity contribution < 1.29 is 18.3 Å². The van der Waals surface area contributed by atoms with E-state index in [-0.39, 0.29) is 18.1 Å². The van der Waals surface area contributed by atoms with Crippen molar-refractivity contribution in [3.05, 3.63) is 28.2 Å². The standard InChI is InChI=1S/C14H19Cl2N3O4S/c1-18(2)19(12-7-24(22,23)8-13(12)20)6-14(21)17-11-5-9(15)3-4-10(11)16/h3-5,12-13,20H,6-8H2,1-2H3,(H,17,21). The van der Waals surface area contributed by atoms with Gasteiger partial charge in [-0.15, -0.1) is 0 Å². The third kappa shape index (κ3) is 4.81. The maximum absolute atomic E-state index is 12.3. The monoisotopic (exact) mass is 395 g/mol. The number of nitrogens with zero attached hydrogens (tertiary/aromatic N) is 2.